The smallest absolute Gasteiger partial charge is 0.329 e. The molecule has 1 heterocycles. The van der Waals surface area contributed by atoms with Gasteiger partial charge in [-0.2, -0.15) is 0 Å². The van der Waals surface area contributed by atoms with E-state index >= 15 is 0 Å². The predicted molar refractivity (Wildman–Crippen MR) is 69.1 cm³/mol. The first-order valence-electron chi connectivity index (χ1n) is 6.70. The molecule has 1 saturated heterocycles. The van der Waals surface area contributed by atoms with Crippen molar-refractivity contribution >= 4 is 11.9 Å². The standard InChI is InChI=1S/C13H24N2O3/c1-11(16)14-12(13(17)18-2)10-15-8-6-4-3-5-7-9-15/h12H,3-10H2,1-2H3,(H,14,16). The summed E-state index contributed by atoms with van der Waals surface area (Å²) in [5, 5.41) is 2.66. The Balaban J connectivity index is 2.51. The zero-order valence-corrected chi connectivity index (χ0v) is 11.4. The van der Waals surface area contributed by atoms with Gasteiger partial charge < -0.3 is 15.0 Å². The largest absolute Gasteiger partial charge is 0.467 e. The van der Waals surface area contributed by atoms with E-state index in [1.54, 1.807) is 0 Å². The first-order valence-corrected chi connectivity index (χ1v) is 6.70. The van der Waals surface area contributed by atoms with E-state index in [1.807, 2.05) is 0 Å². The van der Waals surface area contributed by atoms with Gasteiger partial charge in [0, 0.05) is 13.5 Å². The number of nitrogens with one attached hydrogen (secondary N) is 1. The molecule has 0 aromatic heterocycles. The number of rotatable bonds is 4. The van der Waals surface area contributed by atoms with Gasteiger partial charge in [0.15, 0.2) is 0 Å². The summed E-state index contributed by atoms with van der Waals surface area (Å²) >= 11 is 0. The van der Waals surface area contributed by atoms with Crippen LogP contribution in [0.25, 0.3) is 0 Å². The fraction of sp³-hybridized carbons (Fsp3) is 0.846. The molecule has 0 spiro atoms. The van der Waals surface area contributed by atoms with Crippen LogP contribution in [0.4, 0.5) is 0 Å². The highest BCUT2D eigenvalue weighted by Crippen LogP contribution is 2.10. The molecular formula is C13H24N2O3. The zero-order chi connectivity index (χ0) is 13.4. The van der Waals surface area contributed by atoms with Gasteiger partial charge in [0.1, 0.15) is 6.04 Å². The van der Waals surface area contributed by atoms with Crippen LogP contribution in [0.2, 0.25) is 0 Å². The van der Waals surface area contributed by atoms with Gasteiger partial charge in [-0.3, -0.25) is 4.79 Å². The van der Waals surface area contributed by atoms with Gasteiger partial charge in [-0.25, -0.2) is 4.79 Å². The van der Waals surface area contributed by atoms with Crippen molar-refractivity contribution in [1.29, 1.82) is 0 Å². The van der Waals surface area contributed by atoms with E-state index in [1.165, 1.54) is 33.3 Å². The van der Waals surface area contributed by atoms with Gasteiger partial charge in [-0.1, -0.05) is 19.3 Å². The molecule has 5 nitrogen and oxygen atoms in total. The van der Waals surface area contributed by atoms with Crippen molar-refractivity contribution < 1.29 is 14.3 Å². The second-order valence-corrected chi connectivity index (χ2v) is 4.84. The van der Waals surface area contributed by atoms with Gasteiger partial charge in [-0.15, -0.1) is 0 Å². The first-order chi connectivity index (χ1) is 8.63. The lowest BCUT2D eigenvalue weighted by Crippen LogP contribution is -2.49. The molecule has 1 N–H and O–H groups in total. The van der Waals surface area contributed by atoms with Gasteiger partial charge in [-0.05, 0) is 25.9 Å². The summed E-state index contributed by atoms with van der Waals surface area (Å²) in [6.45, 7) is 3.95. The molecule has 1 aliphatic rings. The predicted octanol–water partition coefficient (Wildman–Crippen LogP) is 0.930. The van der Waals surface area contributed by atoms with Crippen molar-refractivity contribution in [3.05, 3.63) is 0 Å². The third kappa shape index (κ3) is 5.49. The summed E-state index contributed by atoms with van der Waals surface area (Å²) in [7, 11) is 1.35. The van der Waals surface area contributed by atoms with Crippen molar-refractivity contribution in [2.75, 3.05) is 26.7 Å². The quantitative estimate of drug-likeness (QED) is 0.760. The van der Waals surface area contributed by atoms with E-state index in [4.69, 9.17) is 4.74 Å². The van der Waals surface area contributed by atoms with Crippen LogP contribution in [-0.4, -0.2) is 49.6 Å². The Morgan fingerprint density at radius 1 is 1.17 bits per heavy atom. The van der Waals surface area contributed by atoms with Crippen molar-refractivity contribution in [2.24, 2.45) is 0 Å². The number of likely N-dealkylation sites (tertiary alicyclic amines) is 1. The molecular weight excluding hydrogens is 232 g/mol. The zero-order valence-electron chi connectivity index (χ0n) is 11.4. The van der Waals surface area contributed by atoms with E-state index in [0.717, 1.165) is 25.9 Å². The van der Waals surface area contributed by atoms with Gasteiger partial charge in [0.2, 0.25) is 5.91 Å². The van der Waals surface area contributed by atoms with E-state index in [2.05, 4.69) is 10.2 Å². The number of carbonyl (C=O) groups excluding carboxylic acids is 2. The molecule has 1 unspecified atom stereocenters. The maximum absolute atomic E-state index is 11.6. The topological polar surface area (TPSA) is 58.6 Å². The van der Waals surface area contributed by atoms with Crippen molar-refractivity contribution in [2.45, 2.75) is 45.1 Å². The monoisotopic (exact) mass is 256 g/mol. The lowest BCUT2D eigenvalue weighted by molar-refractivity contribution is -0.145. The highest BCUT2D eigenvalue weighted by molar-refractivity contribution is 5.83. The van der Waals surface area contributed by atoms with Crippen molar-refractivity contribution in [3.63, 3.8) is 0 Å². The molecule has 1 fully saturated rings. The average Bonchev–Trinajstić information content (AvgIpc) is 2.29. The summed E-state index contributed by atoms with van der Waals surface area (Å²) in [4.78, 5) is 25.0. The number of hydrogen-bond donors (Lipinski definition) is 1. The summed E-state index contributed by atoms with van der Waals surface area (Å²) in [5.41, 5.74) is 0. The van der Waals surface area contributed by atoms with Crippen molar-refractivity contribution in [3.8, 4) is 0 Å². The summed E-state index contributed by atoms with van der Waals surface area (Å²) in [5.74, 6) is -0.565. The summed E-state index contributed by atoms with van der Waals surface area (Å²) in [6.07, 6.45) is 6.13. The Morgan fingerprint density at radius 2 is 1.72 bits per heavy atom. The number of ether oxygens (including phenoxy) is 1. The molecule has 0 saturated carbocycles. The number of carbonyl (C=O) groups is 2. The molecule has 0 aromatic rings. The Labute approximate surface area is 109 Å². The average molecular weight is 256 g/mol. The lowest BCUT2D eigenvalue weighted by atomic mass is 10.1. The molecule has 18 heavy (non-hydrogen) atoms. The highest BCUT2D eigenvalue weighted by atomic mass is 16.5. The normalized spacial score (nSPS) is 19.4. The molecule has 0 aliphatic carbocycles. The van der Waals surface area contributed by atoms with Crippen molar-refractivity contribution in [1.82, 2.24) is 10.2 Å². The van der Waals surface area contributed by atoms with Gasteiger partial charge in [0.05, 0.1) is 7.11 Å². The number of esters is 1. The number of hydrogen-bond acceptors (Lipinski definition) is 4. The summed E-state index contributed by atoms with van der Waals surface area (Å²) < 4.78 is 4.73. The SMILES string of the molecule is COC(=O)C(CN1CCCCCCC1)NC(C)=O. The molecule has 1 amide bonds. The first kappa shape index (κ1) is 15.0. The second kappa shape index (κ2) is 8.08. The maximum atomic E-state index is 11.6. The van der Waals surface area contributed by atoms with Crippen LogP contribution >= 0.6 is 0 Å². The number of methoxy groups -OCH3 is 1. The highest BCUT2D eigenvalue weighted by Gasteiger charge is 2.23. The molecule has 5 heteroatoms. The van der Waals surface area contributed by atoms with Crippen LogP contribution in [-0.2, 0) is 14.3 Å². The minimum Gasteiger partial charge on any atom is -0.467 e. The molecule has 104 valence electrons. The molecule has 0 radical (unpaired) electrons. The molecule has 0 bridgehead atoms. The van der Waals surface area contributed by atoms with E-state index in [9.17, 15) is 9.59 Å². The Bertz CT molecular complexity index is 273. The fourth-order valence-electron chi connectivity index (χ4n) is 2.32. The van der Waals surface area contributed by atoms with E-state index in [-0.39, 0.29) is 11.9 Å². The van der Waals surface area contributed by atoms with Crippen LogP contribution < -0.4 is 5.32 Å². The second-order valence-electron chi connectivity index (χ2n) is 4.84. The third-order valence-electron chi connectivity index (χ3n) is 3.25. The van der Waals surface area contributed by atoms with Crippen LogP contribution in [0.5, 0.6) is 0 Å². The minimum atomic E-state index is -0.549. The Hall–Kier alpha value is -1.10. The van der Waals surface area contributed by atoms with E-state index in [0.29, 0.717) is 6.54 Å². The minimum absolute atomic E-state index is 0.197. The maximum Gasteiger partial charge on any atom is 0.329 e. The Kier molecular flexibility index (Phi) is 6.72. The molecule has 0 aromatic carbocycles. The van der Waals surface area contributed by atoms with Crippen LogP contribution in [0.3, 0.4) is 0 Å². The van der Waals surface area contributed by atoms with Gasteiger partial charge in [0.25, 0.3) is 0 Å². The van der Waals surface area contributed by atoms with Crippen LogP contribution in [0.15, 0.2) is 0 Å². The number of nitrogens with zero attached hydrogens (tertiary/aromatic N) is 1. The van der Waals surface area contributed by atoms with Gasteiger partial charge >= 0.3 is 5.97 Å². The molecule has 1 atom stereocenters. The third-order valence-corrected chi connectivity index (χ3v) is 3.25. The molecule has 1 aliphatic heterocycles. The Morgan fingerprint density at radius 3 is 2.22 bits per heavy atom. The van der Waals surface area contributed by atoms with Crippen LogP contribution in [0, 0.1) is 0 Å². The molecule has 1 rings (SSSR count). The number of amides is 1. The van der Waals surface area contributed by atoms with Crippen LogP contribution in [0.1, 0.15) is 39.0 Å². The lowest BCUT2D eigenvalue weighted by Gasteiger charge is -2.27. The summed E-state index contributed by atoms with van der Waals surface area (Å²) in [6, 6.07) is -0.549. The fourth-order valence-corrected chi connectivity index (χ4v) is 2.32. The van der Waals surface area contributed by atoms with E-state index < -0.39 is 6.04 Å².